The van der Waals surface area contributed by atoms with E-state index in [0.717, 1.165) is 5.92 Å². The zero-order valence-electron chi connectivity index (χ0n) is 7.84. The van der Waals surface area contributed by atoms with Gasteiger partial charge in [-0.2, -0.15) is 0 Å². The predicted octanol–water partition coefficient (Wildman–Crippen LogP) is 3.95. The largest absolute Gasteiger partial charge is 0.0991 e. The second-order valence-corrected chi connectivity index (χ2v) is 3.14. The summed E-state index contributed by atoms with van der Waals surface area (Å²) >= 11 is 0. The van der Waals surface area contributed by atoms with Crippen molar-refractivity contribution < 1.29 is 0 Å². The van der Waals surface area contributed by atoms with Crippen molar-refractivity contribution in [2.75, 3.05) is 0 Å². The summed E-state index contributed by atoms with van der Waals surface area (Å²) in [6.45, 7) is 8.20. The Bertz CT molecular complexity index is 111. The molecule has 0 aromatic carbocycles. The lowest BCUT2D eigenvalue weighted by Gasteiger charge is -2.06. The Kier molecular flexibility index (Phi) is 7.23. The highest BCUT2D eigenvalue weighted by atomic mass is 14.0. The van der Waals surface area contributed by atoms with Crippen LogP contribution in [0.4, 0.5) is 0 Å². The van der Waals surface area contributed by atoms with Crippen LogP contribution in [0.3, 0.4) is 0 Å². The van der Waals surface area contributed by atoms with Crippen LogP contribution in [-0.2, 0) is 0 Å². The minimum atomic E-state index is 0.884. The monoisotopic (exact) mass is 152 g/mol. The van der Waals surface area contributed by atoms with Gasteiger partial charge in [-0.1, -0.05) is 51.5 Å². The van der Waals surface area contributed by atoms with Crippen LogP contribution < -0.4 is 0 Å². The quantitative estimate of drug-likeness (QED) is 0.506. The molecule has 0 saturated heterocycles. The molecular formula is C11H20. The number of rotatable bonds is 6. The molecule has 0 spiro atoms. The minimum absolute atomic E-state index is 0.884. The highest BCUT2D eigenvalue weighted by Gasteiger charge is 1.96. The maximum Gasteiger partial charge on any atom is -0.0345 e. The molecule has 0 unspecified atom stereocenters. The third kappa shape index (κ3) is 7.38. The van der Waals surface area contributed by atoms with E-state index in [9.17, 15) is 0 Å². The third-order valence-electron chi connectivity index (χ3n) is 1.88. The van der Waals surface area contributed by atoms with Gasteiger partial charge in [0.2, 0.25) is 0 Å². The van der Waals surface area contributed by atoms with Crippen molar-refractivity contribution in [1.82, 2.24) is 0 Å². The molecule has 0 fully saturated rings. The van der Waals surface area contributed by atoms with E-state index in [1.54, 1.807) is 0 Å². The highest BCUT2D eigenvalue weighted by Crippen LogP contribution is 2.12. The second kappa shape index (κ2) is 7.59. The Morgan fingerprint density at radius 2 is 2.09 bits per heavy atom. The smallest absolute Gasteiger partial charge is 0.0345 e. The summed E-state index contributed by atoms with van der Waals surface area (Å²) in [5.74, 6) is 0.884. The summed E-state index contributed by atoms with van der Waals surface area (Å²) in [5.41, 5.74) is 0. The topological polar surface area (TPSA) is 0 Å². The van der Waals surface area contributed by atoms with Crippen LogP contribution in [0, 0.1) is 5.92 Å². The fourth-order valence-electron chi connectivity index (χ4n) is 1.21. The average molecular weight is 152 g/mol. The van der Waals surface area contributed by atoms with Gasteiger partial charge in [0.05, 0.1) is 0 Å². The van der Waals surface area contributed by atoms with E-state index in [1.807, 2.05) is 12.2 Å². The maximum atomic E-state index is 3.63. The highest BCUT2D eigenvalue weighted by molar-refractivity contribution is 4.96. The molecule has 0 aromatic heterocycles. The van der Waals surface area contributed by atoms with Crippen LogP contribution in [-0.4, -0.2) is 0 Å². The van der Waals surface area contributed by atoms with Gasteiger partial charge >= 0.3 is 0 Å². The van der Waals surface area contributed by atoms with Crippen LogP contribution in [0.5, 0.6) is 0 Å². The molecule has 0 aromatic rings. The zero-order chi connectivity index (χ0) is 8.53. The predicted molar refractivity (Wildman–Crippen MR) is 52.6 cm³/mol. The van der Waals surface area contributed by atoms with Gasteiger partial charge in [0.15, 0.2) is 0 Å². The van der Waals surface area contributed by atoms with Crippen molar-refractivity contribution in [3.8, 4) is 0 Å². The van der Waals surface area contributed by atoms with Gasteiger partial charge < -0.3 is 0 Å². The van der Waals surface area contributed by atoms with Gasteiger partial charge in [-0.25, -0.2) is 0 Å². The molecule has 0 aliphatic heterocycles. The maximum absolute atomic E-state index is 3.63. The Hall–Kier alpha value is -0.520. The van der Waals surface area contributed by atoms with Gasteiger partial charge in [0.1, 0.15) is 0 Å². The first-order valence-electron chi connectivity index (χ1n) is 4.58. The molecule has 0 heterocycles. The molecule has 0 nitrogen and oxygen atoms in total. The molecule has 0 heteroatoms. The Morgan fingerprint density at radius 1 is 1.36 bits per heavy atom. The van der Waals surface area contributed by atoms with E-state index in [4.69, 9.17) is 0 Å². The Morgan fingerprint density at radius 3 is 2.64 bits per heavy atom. The Balaban J connectivity index is 3.22. The van der Waals surface area contributed by atoms with Crippen LogP contribution >= 0.6 is 0 Å². The van der Waals surface area contributed by atoms with Crippen molar-refractivity contribution in [2.24, 2.45) is 5.92 Å². The van der Waals surface area contributed by atoms with E-state index in [1.165, 1.54) is 25.7 Å². The van der Waals surface area contributed by atoms with Crippen molar-refractivity contribution in [1.29, 1.82) is 0 Å². The third-order valence-corrected chi connectivity index (χ3v) is 1.88. The molecule has 0 aliphatic rings. The molecule has 0 bridgehead atoms. The SMILES string of the molecule is C=C/C=C/CC[C@@H](C)CCC. The molecule has 0 N–H and O–H groups in total. The standard InChI is InChI=1S/C11H20/c1-4-6-7-8-10-11(3)9-5-2/h4,6-7,11H,1,5,8-10H2,2-3H3/b7-6+/t11-/m0/s1. The first kappa shape index (κ1) is 10.5. The van der Waals surface area contributed by atoms with E-state index < -0.39 is 0 Å². The molecule has 1 atom stereocenters. The molecule has 0 saturated carbocycles. The van der Waals surface area contributed by atoms with Gasteiger partial charge in [0.25, 0.3) is 0 Å². The van der Waals surface area contributed by atoms with Gasteiger partial charge in [-0.15, -0.1) is 0 Å². The molecule has 0 radical (unpaired) electrons. The van der Waals surface area contributed by atoms with Gasteiger partial charge in [-0.05, 0) is 18.8 Å². The second-order valence-electron chi connectivity index (χ2n) is 3.14. The van der Waals surface area contributed by atoms with Gasteiger partial charge in [0, 0.05) is 0 Å². The van der Waals surface area contributed by atoms with Gasteiger partial charge in [-0.3, -0.25) is 0 Å². The summed E-state index contributed by atoms with van der Waals surface area (Å²) in [7, 11) is 0. The van der Waals surface area contributed by atoms with E-state index in [-0.39, 0.29) is 0 Å². The lowest BCUT2D eigenvalue weighted by atomic mass is 10.0. The van der Waals surface area contributed by atoms with Crippen LogP contribution in [0.25, 0.3) is 0 Å². The fourth-order valence-corrected chi connectivity index (χ4v) is 1.21. The van der Waals surface area contributed by atoms with Crippen LogP contribution in [0.2, 0.25) is 0 Å². The van der Waals surface area contributed by atoms with Crippen molar-refractivity contribution in [3.05, 3.63) is 24.8 Å². The molecule has 0 rings (SSSR count). The number of allylic oxidation sites excluding steroid dienone is 3. The molecule has 0 aliphatic carbocycles. The average Bonchev–Trinajstić information content (AvgIpc) is 1.99. The Labute approximate surface area is 71.0 Å². The van der Waals surface area contributed by atoms with Crippen molar-refractivity contribution in [3.63, 3.8) is 0 Å². The first-order valence-corrected chi connectivity index (χ1v) is 4.58. The lowest BCUT2D eigenvalue weighted by Crippen LogP contribution is -1.91. The van der Waals surface area contributed by atoms with Crippen LogP contribution in [0.15, 0.2) is 24.8 Å². The molecule has 64 valence electrons. The zero-order valence-corrected chi connectivity index (χ0v) is 7.84. The minimum Gasteiger partial charge on any atom is -0.0991 e. The molecular weight excluding hydrogens is 132 g/mol. The molecule has 0 amide bonds. The van der Waals surface area contributed by atoms with Crippen LogP contribution in [0.1, 0.15) is 39.5 Å². The van der Waals surface area contributed by atoms with E-state index in [2.05, 4.69) is 26.5 Å². The fraction of sp³-hybridized carbons (Fsp3) is 0.636. The normalized spacial score (nSPS) is 13.6. The number of hydrogen-bond donors (Lipinski definition) is 0. The lowest BCUT2D eigenvalue weighted by molar-refractivity contribution is 0.491. The summed E-state index contributed by atoms with van der Waals surface area (Å²) in [6.07, 6.45) is 11.3. The number of hydrogen-bond acceptors (Lipinski definition) is 0. The molecule has 11 heavy (non-hydrogen) atoms. The summed E-state index contributed by atoms with van der Waals surface area (Å²) < 4.78 is 0. The van der Waals surface area contributed by atoms with E-state index >= 15 is 0 Å². The van der Waals surface area contributed by atoms with Crippen molar-refractivity contribution in [2.45, 2.75) is 39.5 Å². The van der Waals surface area contributed by atoms with E-state index in [0.29, 0.717) is 0 Å². The van der Waals surface area contributed by atoms with Crippen molar-refractivity contribution >= 4 is 0 Å². The summed E-state index contributed by atoms with van der Waals surface area (Å²) in [6, 6.07) is 0. The summed E-state index contributed by atoms with van der Waals surface area (Å²) in [5, 5.41) is 0. The first-order chi connectivity index (χ1) is 5.31. The summed E-state index contributed by atoms with van der Waals surface area (Å²) in [4.78, 5) is 0.